The third-order valence-electron chi connectivity index (χ3n) is 4.45. The molecule has 1 aliphatic heterocycles. The average Bonchev–Trinajstić information content (AvgIpc) is 3.00. The number of anilines is 1. The molecule has 0 spiro atoms. The molecular formula is C17H19FN4O. The molecule has 2 aromatic rings. The maximum absolute atomic E-state index is 13.3. The van der Waals surface area contributed by atoms with Crippen molar-refractivity contribution in [1.82, 2.24) is 9.55 Å². The van der Waals surface area contributed by atoms with E-state index >= 15 is 0 Å². The van der Waals surface area contributed by atoms with Crippen LogP contribution in [0.5, 0.6) is 0 Å². The molecule has 120 valence electrons. The number of aliphatic hydroxyl groups excluding tert-OH is 1. The van der Waals surface area contributed by atoms with Crippen LogP contribution in [0.15, 0.2) is 30.6 Å². The molecule has 2 unspecified atom stereocenters. The van der Waals surface area contributed by atoms with Crippen LogP contribution < -0.4 is 4.90 Å². The predicted molar refractivity (Wildman–Crippen MR) is 84.2 cm³/mol. The fourth-order valence-corrected chi connectivity index (χ4v) is 3.23. The van der Waals surface area contributed by atoms with Crippen LogP contribution in [-0.4, -0.2) is 27.7 Å². The van der Waals surface area contributed by atoms with Gasteiger partial charge in [0.25, 0.3) is 0 Å². The van der Waals surface area contributed by atoms with E-state index in [0.29, 0.717) is 17.9 Å². The molecule has 0 amide bonds. The third-order valence-corrected chi connectivity index (χ3v) is 4.45. The Hall–Kier alpha value is -2.39. The Kier molecular flexibility index (Phi) is 4.30. The number of nitrogens with zero attached hydrogens (tertiary/aromatic N) is 4. The van der Waals surface area contributed by atoms with E-state index in [-0.39, 0.29) is 5.92 Å². The molecule has 1 aliphatic rings. The molecule has 2 heterocycles. The van der Waals surface area contributed by atoms with Gasteiger partial charge in [-0.3, -0.25) is 0 Å². The first-order chi connectivity index (χ1) is 11.1. The summed E-state index contributed by atoms with van der Waals surface area (Å²) in [5.41, 5.74) is 1.06. The summed E-state index contributed by atoms with van der Waals surface area (Å²) in [5.74, 6) is 0.268. The monoisotopic (exact) mass is 314 g/mol. The van der Waals surface area contributed by atoms with Gasteiger partial charge in [0.2, 0.25) is 0 Å². The van der Waals surface area contributed by atoms with Gasteiger partial charge in [-0.25, -0.2) is 9.37 Å². The SMILES string of the molecule is Cn1ccnc1C(O)C1CCCN(c2ccc(F)cc2C#N)C1. The molecular weight excluding hydrogens is 295 g/mol. The molecule has 3 rings (SSSR count). The zero-order valence-corrected chi connectivity index (χ0v) is 13.0. The number of halogens is 1. The van der Waals surface area contributed by atoms with Crippen LogP contribution in [0.25, 0.3) is 0 Å². The highest BCUT2D eigenvalue weighted by atomic mass is 19.1. The minimum Gasteiger partial charge on any atom is -0.385 e. The molecule has 2 atom stereocenters. The fourth-order valence-electron chi connectivity index (χ4n) is 3.23. The number of aromatic nitrogens is 2. The topological polar surface area (TPSA) is 65.1 Å². The number of hydrogen-bond acceptors (Lipinski definition) is 4. The van der Waals surface area contributed by atoms with Crippen molar-refractivity contribution in [2.24, 2.45) is 13.0 Å². The van der Waals surface area contributed by atoms with E-state index in [1.165, 1.54) is 12.1 Å². The smallest absolute Gasteiger partial charge is 0.137 e. The largest absolute Gasteiger partial charge is 0.385 e. The summed E-state index contributed by atoms with van der Waals surface area (Å²) < 4.78 is 15.1. The van der Waals surface area contributed by atoms with Crippen molar-refractivity contribution in [3.8, 4) is 6.07 Å². The van der Waals surface area contributed by atoms with Gasteiger partial charge in [-0.2, -0.15) is 5.26 Å². The predicted octanol–water partition coefficient (Wildman–Crippen LogP) is 2.38. The average molecular weight is 314 g/mol. The van der Waals surface area contributed by atoms with Gasteiger partial charge in [-0.1, -0.05) is 0 Å². The molecule has 0 radical (unpaired) electrons. The van der Waals surface area contributed by atoms with Crippen LogP contribution in [0.4, 0.5) is 10.1 Å². The fraction of sp³-hybridized carbons (Fsp3) is 0.412. The maximum atomic E-state index is 13.3. The minimum absolute atomic E-state index is 0.0291. The lowest BCUT2D eigenvalue weighted by molar-refractivity contribution is 0.0875. The van der Waals surface area contributed by atoms with Gasteiger partial charge in [-0.05, 0) is 31.0 Å². The van der Waals surface area contributed by atoms with E-state index in [1.807, 2.05) is 17.8 Å². The van der Waals surface area contributed by atoms with Crippen LogP contribution >= 0.6 is 0 Å². The summed E-state index contributed by atoms with van der Waals surface area (Å²) in [6.07, 6.45) is 4.64. The van der Waals surface area contributed by atoms with Crippen LogP contribution in [-0.2, 0) is 7.05 Å². The molecule has 23 heavy (non-hydrogen) atoms. The lowest BCUT2D eigenvalue weighted by Gasteiger charge is -2.36. The number of imidazole rings is 1. The summed E-state index contributed by atoms with van der Waals surface area (Å²) >= 11 is 0. The van der Waals surface area contributed by atoms with Gasteiger partial charge in [-0.15, -0.1) is 0 Å². The highest BCUT2D eigenvalue weighted by Crippen LogP contribution is 2.32. The zero-order valence-electron chi connectivity index (χ0n) is 13.0. The van der Waals surface area contributed by atoms with Crippen molar-refractivity contribution in [3.63, 3.8) is 0 Å². The van der Waals surface area contributed by atoms with E-state index in [2.05, 4.69) is 16.0 Å². The number of rotatable bonds is 3. The highest BCUT2D eigenvalue weighted by molar-refractivity contribution is 5.59. The van der Waals surface area contributed by atoms with Crippen LogP contribution in [0.1, 0.15) is 30.3 Å². The number of hydrogen-bond donors (Lipinski definition) is 1. The minimum atomic E-state index is -0.649. The second kappa shape index (κ2) is 6.39. The first-order valence-corrected chi connectivity index (χ1v) is 7.70. The molecule has 1 saturated heterocycles. The summed E-state index contributed by atoms with van der Waals surface area (Å²) in [6, 6.07) is 6.32. The molecule has 1 N–H and O–H groups in total. The van der Waals surface area contributed by atoms with E-state index in [0.717, 1.165) is 25.1 Å². The van der Waals surface area contributed by atoms with Crippen molar-refractivity contribution in [2.75, 3.05) is 18.0 Å². The van der Waals surface area contributed by atoms with Crippen LogP contribution in [0.2, 0.25) is 0 Å². The Morgan fingerprint density at radius 2 is 2.30 bits per heavy atom. The van der Waals surface area contributed by atoms with Crippen LogP contribution in [0, 0.1) is 23.1 Å². The van der Waals surface area contributed by atoms with Crippen molar-refractivity contribution in [3.05, 3.63) is 47.8 Å². The van der Waals surface area contributed by atoms with Gasteiger partial charge in [0.05, 0.1) is 11.3 Å². The van der Waals surface area contributed by atoms with Crippen LogP contribution in [0.3, 0.4) is 0 Å². The highest BCUT2D eigenvalue weighted by Gasteiger charge is 2.30. The van der Waals surface area contributed by atoms with Crippen molar-refractivity contribution in [2.45, 2.75) is 18.9 Å². The third kappa shape index (κ3) is 3.06. The number of piperidine rings is 1. The molecule has 1 aromatic carbocycles. The van der Waals surface area contributed by atoms with E-state index in [4.69, 9.17) is 0 Å². The quantitative estimate of drug-likeness (QED) is 0.944. The molecule has 0 bridgehead atoms. The summed E-state index contributed by atoms with van der Waals surface area (Å²) in [6.45, 7) is 1.42. The lowest BCUT2D eigenvalue weighted by Crippen LogP contribution is -2.38. The number of benzene rings is 1. The van der Waals surface area contributed by atoms with E-state index < -0.39 is 11.9 Å². The lowest BCUT2D eigenvalue weighted by atomic mass is 9.91. The first kappa shape index (κ1) is 15.5. The van der Waals surface area contributed by atoms with E-state index in [9.17, 15) is 14.8 Å². The first-order valence-electron chi connectivity index (χ1n) is 7.70. The summed E-state index contributed by atoms with van der Waals surface area (Å²) in [4.78, 5) is 6.28. The number of aliphatic hydroxyl groups is 1. The van der Waals surface area contributed by atoms with Gasteiger partial charge in [0.1, 0.15) is 23.8 Å². The van der Waals surface area contributed by atoms with Gasteiger partial charge in [0, 0.05) is 38.4 Å². The molecule has 1 fully saturated rings. The van der Waals surface area contributed by atoms with Gasteiger partial charge >= 0.3 is 0 Å². The Bertz CT molecular complexity index is 736. The summed E-state index contributed by atoms with van der Waals surface area (Å²) in [7, 11) is 1.86. The standard InChI is InChI=1S/C17H19FN4O/c1-21-8-6-20-17(21)16(23)12-3-2-7-22(11-12)15-5-4-14(18)9-13(15)10-19/h4-6,8-9,12,16,23H,2-3,7,11H2,1H3. The molecule has 5 nitrogen and oxygen atoms in total. The molecule has 0 saturated carbocycles. The molecule has 6 heteroatoms. The van der Waals surface area contributed by atoms with Crippen molar-refractivity contribution < 1.29 is 9.50 Å². The molecule has 0 aliphatic carbocycles. The molecule has 1 aromatic heterocycles. The van der Waals surface area contributed by atoms with Gasteiger partial charge < -0.3 is 14.6 Å². The Morgan fingerprint density at radius 1 is 1.48 bits per heavy atom. The zero-order chi connectivity index (χ0) is 16.4. The Balaban J connectivity index is 1.82. The second-order valence-corrected chi connectivity index (χ2v) is 5.96. The van der Waals surface area contributed by atoms with Crippen molar-refractivity contribution >= 4 is 5.69 Å². The number of aryl methyl sites for hydroxylation is 1. The normalized spacial score (nSPS) is 19.4. The van der Waals surface area contributed by atoms with Crippen molar-refractivity contribution in [1.29, 1.82) is 5.26 Å². The number of nitriles is 1. The van der Waals surface area contributed by atoms with E-state index in [1.54, 1.807) is 12.3 Å². The second-order valence-electron chi connectivity index (χ2n) is 5.96. The summed E-state index contributed by atoms with van der Waals surface area (Å²) in [5, 5.41) is 19.8. The Morgan fingerprint density at radius 3 is 3.00 bits per heavy atom. The maximum Gasteiger partial charge on any atom is 0.137 e. The van der Waals surface area contributed by atoms with Gasteiger partial charge in [0.15, 0.2) is 0 Å². The Labute approximate surface area is 134 Å².